The highest BCUT2D eigenvalue weighted by Gasteiger charge is 2.43. The highest BCUT2D eigenvalue weighted by atomic mass is 79.9. The molecule has 1 heteroatoms. The molecule has 3 aliphatic carbocycles. The van der Waals surface area contributed by atoms with Gasteiger partial charge in [-0.05, 0) is 74.5 Å². The van der Waals surface area contributed by atoms with Crippen molar-refractivity contribution in [2.45, 2.75) is 108 Å². The number of alkyl halides is 1. The lowest BCUT2D eigenvalue weighted by Crippen LogP contribution is -2.41. The standard InChI is InChI=1S/C22H39Br/c1-2-3-4-5-6-7-8-17-9-13-21-18(15-17)10-11-19-16-20(23)12-14-22(19)21/h17-22H,2-16H2,1H3/t17-,18?,19?,20-,21?,22?/m1/s1. The monoisotopic (exact) mass is 382 g/mol. The molecule has 0 aromatic rings. The van der Waals surface area contributed by atoms with Gasteiger partial charge in [-0.2, -0.15) is 0 Å². The van der Waals surface area contributed by atoms with Crippen LogP contribution < -0.4 is 0 Å². The van der Waals surface area contributed by atoms with E-state index in [1.165, 1.54) is 57.8 Å². The van der Waals surface area contributed by atoms with Gasteiger partial charge in [0.25, 0.3) is 0 Å². The summed E-state index contributed by atoms with van der Waals surface area (Å²) in [7, 11) is 0. The fourth-order valence-corrected chi connectivity index (χ4v) is 7.05. The molecular formula is C22H39Br. The van der Waals surface area contributed by atoms with Crippen molar-refractivity contribution < 1.29 is 0 Å². The molecule has 6 atom stereocenters. The van der Waals surface area contributed by atoms with Gasteiger partial charge in [0, 0.05) is 4.83 Å². The summed E-state index contributed by atoms with van der Waals surface area (Å²) in [6.45, 7) is 2.32. The molecule has 3 saturated carbocycles. The van der Waals surface area contributed by atoms with Crippen molar-refractivity contribution in [3.8, 4) is 0 Å². The first-order chi connectivity index (χ1) is 11.3. The molecule has 0 N–H and O–H groups in total. The summed E-state index contributed by atoms with van der Waals surface area (Å²) in [4.78, 5) is 0.837. The Balaban J connectivity index is 1.38. The Bertz CT molecular complexity index is 339. The van der Waals surface area contributed by atoms with Crippen LogP contribution in [0.5, 0.6) is 0 Å². The van der Waals surface area contributed by atoms with E-state index in [0.717, 1.165) is 34.4 Å². The second kappa shape index (κ2) is 9.25. The molecule has 0 aliphatic heterocycles. The largest absolute Gasteiger partial charge is 0.0891 e. The Morgan fingerprint density at radius 2 is 1.35 bits per heavy atom. The van der Waals surface area contributed by atoms with Crippen LogP contribution in [0.2, 0.25) is 0 Å². The lowest BCUT2D eigenvalue weighted by molar-refractivity contribution is 0.0119. The van der Waals surface area contributed by atoms with Crippen LogP contribution in [0.25, 0.3) is 0 Å². The van der Waals surface area contributed by atoms with Gasteiger partial charge in [0.05, 0.1) is 0 Å². The highest BCUT2D eigenvalue weighted by Crippen LogP contribution is 2.53. The Morgan fingerprint density at radius 1 is 0.696 bits per heavy atom. The molecule has 0 saturated heterocycles. The van der Waals surface area contributed by atoms with Crippen LogP contribution in [0.1, 0.15) is 103 Å². The van der Waals surface area contributed by atoms with Crippen molar-refractivity contribution in [1.29, 1.82) is 0 Å². The number of hydrogen-bond donors (Lipinski definition) is 0. The van der Waals surface area contributed by atoms with Crippen LogP contribution in [0, 0.1) is 29.6 Å². The topological polar surface area (TPSA) is 0 Å². The van der Waals surface area contributed by atoms with Gasteiger partial charge in [-0.15, -0.1) is 0 Å². The maximum atomic E-state index is 3.90. The molecule has 4 unspecified atom stereocenters. The van der Waals surface area contributed by atoms with Crippen LogP contribution in [-0.4, -0.2) is 4.83 Å². The number of halogens is 1. The summed E-state index contributed by atoms with van der Waals surface area (Å²) in [5.74, 6) is 5.50. The van der Waals surface area contributed by atoms with E-state index in [2.05, 4.69) is 22.9 Å². The molecule has 3 aliphatic rings. The second-order valence-corrected chi connectivity index (χ2v) is 10.4. The summed E-state index contributed by atoms with van der Waals surface area (Å²) >= 11 is 3.90. The van der Waals surface area contributed by atoms with Crippen molar-refractivity contribution in [3.05, 3.63) is 0 Å². The summed E-state index contributed by atoms with van der Waals surface area (Å²) in [5, 5.41) is 0. The highest BCUT2D eigenvalue weighted by molar-refractivity contribution is 9.09. The van der Waals surface area contributed by atoms with E-state index < -0.39 is 0 Å². The van der Waals surface area contributed by atoms with E-state index >= 15 is 0 Å². The summed E-state index contributed by atoms with van der Waals surface area (Å²) in [6.07, 6.45) is 22.7. The van der Waals surface area contributed by atoms with Crippen molar-refractivity contribution in [3.63, 3.8) is 0 Å². The molecular weight excluding hydrogens is 344 g/mol. The van der Waals surface area contributed by atoms with Crippen LogP contribution >= 0.6 is 15.9 Å². The number of rotatable bonds is 7. The maximum absolute atomic E-state index is 3.90. The van der Waals surface area contributed by atoms with Gasteiger partial charge in [0.1, 0.15) is 0 Å². The molecule has 0 bridgehead atoms. The minimum absolute atomic E-state index is 0.837. The van der Waals surface area contributed by atoms with E-state index in [0.29, 0.717) is 0 Å². The molecule has 23 heavy (non-hydrogen) atoms. The SMILES string of the molecule is CCCCCCCC[C@@H]1CCC2C(CCC3C[C@H](Br)CCC32)C1. The van der Waals surface area contributed by atoms with Crippen LogP contribution in [0.4, 0.5) is 0 Å². The number of fused-ring (bicyclic) bond motifs is 3. The third-order valence-corrected chi connectivity index (χ3v) is 8.38. The van der Waals surface area contributed by atoms with E-state index in [4.69, 9.17) is 0 Å². The molecule has 0 amide bonds. The molecule has 3 fully saturated rings. The number of hydrogen-bond acceptors (Lipinski definition) is 0. The third kappa shape index (κ3) is 4.99. The molecule has 0 nitrogen and oxygen atoms in total. The average molecular weight is 383 g/mol. The minimum Gasteiger partial charge on any atom is -0.0891 e. The molecule has 0 aromatic carbocycles. The molecule has 0 heterocycles. The van der Waals surface area contributed by atoms with Crippen LogP contribution in [0.3, 0.4) is 0 Å². The van der Waals surface area contributed by atoms with E-state index in [1.54, 1.807) is 38.5 Å². The van der Waals surface area contributed by atoms with Crippen molar-refractivity contribution in [2.75, 3.05) is 0 Å². The normalized spacial score (nSPS) is 40.4. The summed E-state index contributed by atoms with van der Waals surface area (Å²) < 4.78 is 0. The average Bonchev–Trinajstić information content (AvgIpc) is 2.57. The first kappa shape index (κ1) is 18.3. The predicted molar refractivity (Wildman–Crippen MR) is 105 cm³/mol. The molecule has 0 aromatic heterocycles. The lowest BCUT2D eigenvalue weighted by Gasteiger charge is -2.50. The zero-order chi connectivity index (χ0) is 16.1. The van der Waals surface area contributed by atoms with Gasteiger partial charge in [0.15, 0.2) is 0 Å². The van der Waals surface area contributed by atoms with E-state index in [9.17, 15) is 0 Å². The van der Waals surface area contributed by atoms with Gasteiger partial charge >= 0.3 is 0 Å². The van der Waals surface area contributed by atoms with Gasteiger partial charge in [-0.1, -0.05) is 74.2 Å². The van der Waals surface area contributed by atoms with Crippen molar-refractivity contribution in [2.24, 2.45) is 29.6 Å². The van der Waals surface area contributed by atoms with Crippen molar-refractivity contribution in [1.82, 2.24) is 0 Å². The number of unbranched alkanes of at least 4 members (excludes halogenated alkanes) is 5. The smallest absolute Gasteiger partial charge is 0.0148 e. The quantitative estimate of drug-likeness (QED) is 0.311. The van der Waals surface area contributed by atoms with E-state index in [-0.39, 0.29) is 0 Å². The fraction of sp³-hybridized carbons (Fsp3) is 1.00. The lowest BCUT2D eigenvalue weighted by atomic mass is 9.56. The van der Waals surface area contributed by atoms with Crippen LogP contribution in [-0.2, 0) is 0 Å². The first-order valence-electron chi connectivity index (χ1n) is 10.9. The molecule has 0 spiro atoms. The first-order valence-corrected chi connectivity index (χ1v) is 11.8. The zero-order valence-electron chi connectivity index (χ0n) is 15.4. The fourth-order valence-electron chi connectivity index (χ4n) is 6.31. The third-order valence-electron chi connectivity index (χ3n) is 7.55. The zero-order valence-corrected chi connectivity index (χ0v) is 17.0. The van der Waals surface area contributed by atoms with Gasteiger partial charge in [0.2, 0.25) is 0 Å². The Labute approximate surface area is 153 Å². The van der Waals surface area contributed by atoms with Gasteiger partial charge in [-0.25, -0.2) is 0 Å². The van der Waals surface area contributed by atoms with E-state index in [1.807, 2.05) is 0 Å². The van der Waals surface area contributed by atoms with Crippen molar-refractivity contribution >= 4 is 15.9 Å². The van der Waals surface area contributed by atoms with Gasteiger partial charge < -0.3 is 0 Å². The maximum Gasteiger partial charge on any atom is 0.0148 e. The Morgan fingerprint density at radius 3 is 2.13 bits per heavy atom. The predicted octanol–water partition coefficient (Wildman–Crippen LogP) is 7.74. The molecule has 0 radical (unpaired) electrons. The van der Waals surface area contributed by atoms with Crippen LogP contribution in [0.15, 0.2) is 0 Å². The summed E-state index contributed by atoms with van der Waals surface area (Å²) in [5.41, 5.74) is 0. The Hall–Kier alpha value is 0.480. The molecule has 3 rings (SSSR count). The minimum atomic E-state index is 0.837. The Kier molecular flexibility index (Phi) is 7.35. The molecule has 134 valence electrons. The second-order valence-electron chi connectivity index (χ2n) is 9.07. The van der Waals surface area contributed by atoms with Gasteiger partial charge in [-0.3, -0.25) is 0 Å². The summed E-state index contributed by atoms with van der Waals surface area (Å²) in [6, 6.07) is 0.